The normalized spacial score (nSPS) is 27.6. The van der Waals surface area contributed by atoms with E-state index in [1.165, 1.54) is 32.2 Å². The van der Waals surface area contributed by atoms with E-state index in [9.17, 15) is 0 Å². The molecule has 0 N–H and O–H groups in total. The maximum Gasteiger partial charge on any atom is 0.0655 e. The van der Waals surface area contributed by atoms with Crippen LogP contribution in [-0.2, 0) is 0 Å². The van der Waals surface area contributed by atoms with Crippen LogP contribution in [-0.4, -0.2) is 24.5 Å². The predicted molar refractivity (Wildman–Crippen MR) is 58.9 cm³/mol. The molecule has 1 saturated carbocycles. The van der Waals surface area contributed by atoms with Crippen molar-refractivity contribution in [1.29, 1.82) is 5.26 Å². The molecule has 0 aliphatic heterocycles. The zero-order valence-electron chi connectivity index (χ0n) is 9.50. The molecule has 0 unspecified atom stereocenters. The summed E-state index contributed by atoms with van der Waals surface area (Å²) in [5.41, 5.74) is 0. The van der Waals surface area contributed by atoms with Crippen LogP contribution in [0.2, 0.25) is 0 Å². The molecule has 2 nitrogen and oxygen atoms in total. The van der Waals surface area contributed by atoms with Gasteiger partial charge in [-0.1, -0.05) is 13.3 Å². The predicted octanol–water partition coefficient (Wildman–Crippen LogP) is 2.80. The zero-order chi connectivity index (χ0) is 10.4. The lowest BCUT2D eigenvalue weighted by Gasteiger charge is -2.32. The molecule has 0 heterocycles. The maximum atomic E-state index is 8.79. The number of hydrogen-bond acceptors (Lipinski definition) is 2. The van der Waals surface area contributed by atoms with Crippen LogP contribution in [0.25, 0.3) is 0 Å². The quantitative estimate of drug-likeness (QED) is 0.688. The number of nitrogens with zero attached hydrogens (tertiary/aromatic N) is 2. The first kappa shape index (κ1) is 11.5. The fraction of sp³-hybridized carbons (Fsp3) is 0.917. The highest BCUT2D eigenvalue weighted by atomic mass is 15.1. The Labute approximate surface area is 87.9 Å². The summed E-state index contributed by atoms with van der Waals surface area (Å²) in [7, 11) is 2.23. The number of nitriles is 1. The number of unbranched alkanes of at least 4 members (excludes halogenated alkanes) is 1. The van der Waals surface area contributed by atoms with E-state index >= 15 is 0 Å². The van der Waals surface area contributed by atoms with Crippen molar-refractivity contribution < 1.29 is 0 Å². The second kappa shape index (κ2) is 6.03. The molecule has 0 spiro atoms. The average molecular weight is 194 g/mol. The Bertz CT molecular complexity index is 187. The molecule has 0 saturated heterocycles. The molecular weight excluding hydrogens is 172 g/mol. The van der Waals surface area contributed by atoms with Crippen LogP contribution in [0.3, 0.4) is 0 Å². The third-order valence-corrected chi connectivity index (χ3v) is 3.37. The first-order valence-electron chi connectivity index (χ1n) is 5.87. The highest BCUT2D eigenvalue weighted by molar-refractivity contribution is 4.89. The summed E-state index contributed by atoms with van der Waals surface area (Å²) >= 11 is 0. The maximum absolute atomic E-state index is 8.79. The van der Waals surface area contributed by atoms with Crippen LogP contribution < -0.4 is 0 Å². The van der Waals surface area contributed by atoms with Crippen molar-refractivity contribution in [1.82, 2.24) is 4.90 Å². The highest BCUT2D eigenvalue weighted by Crippen LogP contribution is 2.26. The molecule has 14 heavy (non-hydrogen) atoms. The minimum absolute atomic E-state index is 0.339. The van der Waals surface area contributed by atoms with Crippen LogP contribution in [0, 0.1) is 17.2 Å². The molecule has 0 aromatic heterocycles. The summed E-state index contributed by atoms with van der Waals surface area (Å²) in [5.74, 6) is 0.339. The average Bonchev–Trinajstić information content (AvgIpc) is 2.26. The summed E-state index contributed by atoms with van der Waals surface area (Å²) in [6, 6.07) is 3.13. The molecule has 0 radical (unpaired) electrons. The standard InChI is InChI=1S/C12H22N2/c1-3-4-9-14(2)12-7-5-11(10-13)6-8-12/h11-12H,3-9H2,1-2H3. The van der Waals surface area contributed by atoms with Crippen molar-refractivity contribution in [2.45, 2.75) is 51.5 Å². The topological polar surface area (TPSA) is 27.0 Å². The van der Waals surface area contributed by atoms with Gasteiger partial charge in [0.05, 0.1) is 6.07 Å². The Morgan fingerprint density at radius 3 is 2.43 bits per heavy atom. The number of rotatable bonds is 4. The van der Waals surface area contributed by atoms with Crippen molar-refractivity contribution in [3.05, 3.63) is 0 Å². The first-order chi connectivity index (χ1) is 6.77. The van der Waals surface area contributed by atoms with Gasteiger partial charge in [-0.15, -0.1) is 0 Å². The van der Waals surface area contributed by atoms with Crippen molar-refractivity contribution in [3.8, 4) is 6.07 Å². The van der Waals surface area contributed by atoms with Gasteiger partial charge in [-0.05, 0) is 45.7 Å². The summed E-state index contributed by atoms with van der Waals surface area (Å²) in [6.07, 6.45) is 7.23. The molecule has 0 aromatic rings. The molecule has 0 aromatic carbocycles. The Morgan fingerprint density at radius 2 is 1.93 bits per heavy atom. The van der Waals surface area contributed by atoms with E-state index in [1.807, 2.05) is 0 Å². The smallest absolute Gasteiger partial charge is 0.0655 e. The van der Waals surface area contributed by atoms with Gasteiger partial charge in [-0.2, -0.15) is 5.26 Å². The first-order valence-corrected chi connectivity index (χ1v) is 5.87. The second-order valence-electron chi connectivity index (χ2n) is 4.47. The van der Waals surface area contributed by atoms with Gasteiger partial charge < -0.3 is 4.90 Å². The minimum Gasteiger partial charge on any atom is -0.303 e. The van der Waals surface area contributed by atoms with Gasteiger partial charge in [0.1, 0.15) is 0 Å². The van der Waals surface area contributed by atoms with Gasteiger partial charge in [-0.3, -0.25) is 0 Å². The van der Waals surface area contributed by atoms with Crippen molar-refractivity contribution >= 4 is 0 Å². The lowest BCUT2D eigenvalue weighted by atomic mass is 9.86. The van der Waals surface area contributed by atoms with Crippen molar-refractivity contribution in [3.63, 3.8) is 0 Å². The molecule has 80 valence electrons. The van der Waals surface area contributed by atoms with Gasteiger partial charge in [0.2, 0.25) is 0 Å². The van der Waals surface area contributed by atoms with Crippen LogP contribution in [0.1, 0.15) is 45.4 Å². The molecule has 1 rings (SSSR count). The number of hydrogen-bond donors (Lipinski definition) is 0. The van der Waals surface area contributed by atoms with E-state index in [2.05, 4.69) is 24.9 Å². The van der Waals surface area contributed by atoms with Crippen LogP contribution >= 0.6 is 0 Å². The Hall–Kier alpha value is -0.550. The molecule has 0 bridgehead atoms. The van der Waals surface area contributed by atoms with E-state index in [-0.39, 0.29) is 0 Å². The third-order valence-electron chi connectivity index (χ3n) is 3.37. The van der Waals surface area contributed by atoms with Crippen LogP contribution in [0.5, 0.6) is 0 Å². The van der Waals surface area contributed by atoms with Gasteiger partial charge >= 0.3 is 0 Å². The SMILES string of the molecule is CCCCN(C)C1CCC(C#N)CC1. The molecule has 1 fully saturated rings. The van der Waals surface area contributed by atoms with Crippen molar-refractivity contribution in [2.75, 3.05) is 13.6 Å². The van der Waals surface area contributed by atoms with Gasteiger partial charge in [0, 0.05) is 12.0 Å². The Morgan fingerprint density at radius 1 is 1.29 bits per heavy atom. The monoisotopic (exact) mass is 194 g/mol. The van der Waals surface area contributed by atoms with E-state index in [0.29, 0.717) is 5.92 Å². The fourth-order valence-corrected chi connectivity index (χ4v) is 2.24. The molecule has 2 heteroatoms. The van der Waals surface area contributed by atoms with Gasteiger partial charge in [-0.25, -0.2) is 0 Å². The van der Waals surface area contributed by atoms with Crippen LogP contribution in [0.4, 0.5) is 0 Å². The Balaban J connectivity index is 2.23. The largest absolute Gasteiger partial charge is 0.303 e. The van der Waals surface area contributed by atoms with E-state index in [0.717, 1.165) is 18.9 Å². The summed E-state index contributed by atoms with van der Waals surface area (Å²) in [4.78, 5) is 2.48. The third kappa shape index (κ3) is 3.31. The van der Waals surface area contributed by atoms with E-state index in [4.69, 9.17) is 5.26 Å². The fourth-order valence-electron chi connectivity index (χ4n) is 2.24. The molecular formula is C12H22N2. The lowest BCUT2D eigenvalue weighted by Crippen LogP contribution is -2.35. The molecule has 0 atom stereocenters. The summed E-state index contributed by atoms with van der Waals surface area (Å²) in [5, 5.41) is 8.79. The second-order valence-corrected chi connectivity index (χ2v) is 4.47. The summed E-state index contributed by atoms with van der Waals surface area (Å²) < 4.78 is 0. The molecule has 1 aliphatic carbocycles. The lowest BCUT2D eigenvalue weighted by molar-refractivity contribution is 0.176. The zero-order valence-corrected chi connectivity index (χ0v) is 9.50. The minimum atomic E-state index is 0.339. The van der Waals surface area contributed by atoms with Gasteiger partial charge in [0.25, 0.3) is 0 Å². The Kier molecular flexibility index (Phi) is 4.97. The van der Waals surface area contributed by atoms with Crippen molar-refractivity contribution in [2.24, 2.45) is 5.92 Å². The van der Waals surface area contributed by atoms with Crippen LogP contribution in [0.15, 0.2) is 0 Å². The summed E-state index contributed by atoms with van der Waals surface area (Å²) in [6.45, 7) is 3.46. The van der Waals surface area contributed by atoms with Gasteiger partial charge in [0.15, 0.2) is 0 Å². The van der Waals surface area contributed by atoms with E-state index in [1.54, 1.807) is 0 Å². The molecule has 0 amide bonds. The molecule has 1 aliphatic rings. The highest BCUT2D eigenvalue weighted by Gasteiger charge is 2.23. The van der Waals surface area contributed by atoms with E-state index < -0.39 is 0 Å².